The van der Waals surface area contributed by atoms with Crippen LogP contribution in [0.1, 0.15) is 12.0 Å². The molecule has 0 heterocycles. The highest BCUT2D eigenvalue weighted by Gasteiger charge is 2.04. The Balaban J connectivity index is 1.70. The minimum absolute atomic E-state index is 0.102. The van der Waals surface area contributed by atoms with Gasteiger partial charge in [0.2, 0.25) is 5.91 Å². The van der Waals surface area contributed by atoms with Gasteiger partial charge >= 0.3 is 0 Å². The first-order valence-electron chi connectivity index (χ1n) is 6.65. The molecule has 2 aromatic rings. The van der Waals surface area contributed by atoms with E-state index in [0.717, 1.165) is 5.56 Å². The molecule has 1 amide bonds. The molecule has 0 aromatic heterocycles. The number of hydrogen-bond acceptors (Lipinski definition) is 2. The van der Waals surface area contributed by atoms with Gasteiger partial charge in [-0.1, -0.05) is 35.9 Å². The lowest BCUT2D eigenvalue weighted by atomic mass is 10.2. The molecule has 0 unspecified atom stereocenters. The molecule has 0 aliphatic carbocycles. The van der Waals surface area contributed by atoms with E-state index in [4.69, 9.17) is 11.6 Å². The van der Waals surface area contributed by atoms with E-state index in [1.807, 2.05) is 12.1 Å². The topological polar surface area (TPSA) is 41.1 Å². The molecule has 3 nitrogen and oxygen atoms in total. The molecule has 0 bridgehead atoms. The Labute approximate surface area is 128 Å². The predicted octanol–water partition coefficient (Wildman–Crippen LogP) is 3.60. The third kappa shape index (κ3) is 5.17. The summed E-state index contributed by atoms with van der Waals surface area (Å²) in [5.74, 6) is -0.354. The fourth-order valence-electron chi connectivity index (χ4n) is 1.81. The number of para-hydroxylation sites is 1. The average Bonchev–Trinajstić information content (AvgIpc) is 2.48. The first kappa shape index (κ1) is 15.5. The lowest BCUT2D eigenvalue weighted by Gasteiger charge is -2.08. The second-order valence-electron chi connectivity index (χ2n) is 4.58. The van der Waals surface area contributed by atoms with Crippen LogP contribution in [0.5, 0.6) is 0 Å². The first-order chi connectivity index (χ1) is 10.1. The van der Waals surface area contributed by atoms with E-state index in [1.54, 1.807) is 24.3 Å². The summed E-state index contributed by atoms with van der Waals surface area (Å²) in [5, 5.41) is 6.41. The van der Waals surface area contributed by atoms with Gasteiger partial charge in [0.15, 0.2) is 0 Å². The van der Waals surface area contributed by atoms with Gasteiger partial charge in [0.25, 0.3) is 0 Å². The summed E-state index contributed by atoms with van der Waals surface area (Å²) in [6.45, 7) is 1.13. The molecule has 0 spiro atoms. The van der Waals surface area contributed by atoms with Crippen molar-refractivity contribution < 1.29 is 9.18 Å². The van der Waals surface area contributed by atoms with Crippen molar-refractivity contribution in [3.63, 3.8) is 0 Å². The number of benzene rings is 2. The molecular formula is C16H16ClFN2O. The number of anilines is 1. The number of carbonyl (C=O) groups is 1. The smallest absolute Gasteiger partial charge is 0.225 e. The Bertz CT molecular complexity index is 601. The Morgan fingerprint density at radius 2 is 1.81 bits per heavy atom. The summed E-state index contributed by atoms with van der Waals surface area (Å²) in [6.07, 6.45) is 0.340. The van der Waals surface area contributed by atoms with Crippen LogP contribution in [0.2, 0.25) is 5.02 Å². The third-order valence-electron chi connectivity index (χ3n) is 2.92. The van der Waals surface area contributed by atoms with E-state index in [-0.39, 0.29) is 11.7 Å². The zero-order valence-corrected chi connectivity index (χ0v) is 12.2. The molecule has 0 fully saturated rings. The van der Waals surface area contributed by atoms with E-state index in [0.29, 0.717) is 30.2 Å². The number of rotatable bonds is 6. The monoisotopic (exact) mass is 306 g/mol. The largest absolute Gasteiger partial charge is 0.325 e. The third-order valence-corrected chi connectivity index (χ3v) is 3.25. The molecule has 0 radical (unpaired) electrons. The van der Waals surface area contributed by atoms with Crippen LogP contribution in [-0.2, 0) is 11.3 Å². The summed E-state index contributed by atoms with van der Waals surface area (Å²) in [4.78, 5) is 11.8. The molecular weight excluding hydrogens is 291 g/mol. The summed E-state index contributed by atoms with van der Waals surface area (Å²) >= 11 is 5.96. The summed E-state index contributed by atoms with van der Waals surface area (Å²) in [5.41, 5.74) is 1.59. The molecule has 0 saturated carbocycles. The van der Waals surface area contributed by atoms with Crippen LogP contribution in [0.4, 0.5) is 10.1 Å². The highest BCUT2D eigenvalue weighted by atomic mass is 35.5. The standard InChI is InChI=1S/C16H16ClFN2O/c17-14-3-1-2-4-15(14)20-16(21)9-10-19-11-12-5-7-13(18)8-6-12/h1-8,19H,9-11H2,(H,20,21). The maximum atomic E-state index is 12.7. The predicted molar refractivity (Wildman–Crippen MR) is 82.8 cm³/mol. The zero-order valence-electron chi connectivity index (χ0n) is 11.4. The summed E-state index contributed by atoms with van der Waals surface area (Å²) in [7, 11) is 0. The Morgan fingerprint density at radius 3 is 2.52 bits per heavy atom. The zero-order chi connectivity index (χ0) is 15.1. The lowest BCUT2D eigenvalue weighted by Crippen LogP contribution is -2.21. The number of carbonyl (C=O) groups excluding carboxylic acids is 1. The van der Waals surface area contributed by atoms with Gasteiger partial charge in [0.05, 0.1) is 10.7 Å². The van der Waals surface area contributed by atoms with Gasteiger partial charge in [-0.25, -0.2) is 4.39 Å². The van der Waals surface area contributed by atoms with Crippen molar-refractivity contribution in [2.45, 2.75) is 13.0 Å². The molecule has 2 N–H and O–H groups in total. The van der Waals surface area contributed by atoms with Crippen molar-refractivity contribution in [2.75, 3.05) is 11.9 Å². The van der Waals surface area contributed by atoms with Gasteiger partial charge in [-0.2, -0.15) is 0 Å². The van der Waals surface area contributed by atoms with Gasteiger partial charge in [-0.15, -0.1) is 0 Å². The van der Waals surface area contributed by atoms with Crippen molar-refractivity contribution >= 4 is 23.2 Å². The Hall–Kier alpha value is -1.91. The highest BCUT2D eigenvalue weighted by molar-refractivity contribution is 6.33. The Kier molecular flexibility index (Phi) is 5.72. The van der Waals surface area contributed by atoms with Crippen LogP contribution in [0.25, 0.3) is 0 Å². The van der Waals surface area contributed by atoms with Crippen molar-refractivity contribution in [1.29, 1.82) is 0 Å². The van der Waals surface area contributed by atoms with Gasteiger partial charge in [-0.05, 0) is 29.8 Å². The van der Waals surface area contributed by atoms with Crippen LogP contribution >= 0.6 is 11.6 Å². The molecule has 0 aliphatic rings. The average molecular weight is 307 g/mol. The fraction of sp³-hybridized carbons (Fsp3) is 0.188. The number of amides is 1. The molecule has 2 aromatic carbocycles. The molecule has 5 heteroatoms. The first-order valence-corrected chi connectivity index (χ1v) is 7.02. The highest BCUT2D eigenvalue weighted by Crippen LogP contribution is 2.20. The van der Waals surface area contributed by atoms with E-state index in [1.165, 1.54) is 12.1 Å². The van der Waals surface area contributed by atoms with E-state index < -0.39 is 0 Å². The molecule has 21 heavy (non-hydrogen) atoms. The quantitative estimate of drug-likeness (QED) is 0.801. The minimum atomic E-state index is -0.252. The van der Waals surface area contributed by atoms with Gasteiger partial charge in [0.1, 0.15) is 5.82 Å². The Morgan fingerprint density at radius 1 is 1.10 bits per heavy atom. The van der Waals surface area contributed by atoms with Crippen molar-refractivity contribution in [2.24, 2.45) is 0 Å². The van der Waals surface area contributed by atoms with Gasteiger partial charge in [0, 0.05) is 19.5 Å². The summed E-state index contributed by atoms with van der Waals surface area (Å²) in [6, 6.07) is 13.4. The lowest BCUT2D eigenvalue weighted by molar-refractivity contribution is -0.116. The van der Waals surface area contributed by atoms with Crippen molar-refractivity contribution in [1.82, 2.24) is 5.32 Å². The van der Waals surface area contributed by atoms with E-state index in [2.05, 4.69) is 10.6 Å². The summed E-state index contributed by atoms with van der Waals surface area (Å²) < 4.78 is 12.7. The normalized spacial score (nSPS) is 10.4. The second-order valence-corrected chi connectivity index (χ2v) is 4.99. The van der Waals surface area contributed by atoms with Crippen LogP contribution < -0.4 is 10.6 Å². The number of hydrogen-bond donors (Lipinski definition) is 2. The van der Waals surface area contributed by atoms with E-state index >= 15 is 0 Å². The second kappa shape index (κ2) is 7.76. The molecule has 0 aliphatic heterocycles. The van der Waals surface area contributed by atoms with Crippen LogP contribution in [0, 0.1) is 5.82 Å². The van der Waals surface area contributed by atoms with Crippen molar-refractivity contribution in [3.05, 3.63) is 64.9 Å². The van der Waals surface area contributed by atoms with Crippen LogP contribution in [-0.4, -0.2) is 12.5 Å². The molecule has 110 valence electrons. The maximum Gasteiger partial charge on any atom is 0.225 e. The maximum absolute atomic E-state index is 12.7. The fourth-order valence-corrected chi connectivity index (χ4v) is 2.00. The minimum Gasteiger partial charge on any atom is -0.325 e. The SMILES string of the molecule is O=C(CCNCc1ccc(F)cc1)Nc1ccccc1Cl. The number of halogens is 2. The molecule has 0 saturated heterocycles. The van der Waals surface area contributed by atoms with Gasteiger partial charge < -0.3 is 10.6 Å². The number of nitrogens with one attached hydrogen (secondary N) is 2. The molecule has 0 atom stereocenters. The van der Waals surface area contributed by atoms with Gasteiger partial charge in [-0.3, -0.25) is 4.79 Å². The van der Waals surface area contributed by atoms with Crippen LogP contribution in [0.3, 0.4) is 0 Å². The molecule has 2 rings (SSSR count). The van der Waals surface area contributed by atoms with Crippen molar-refractivity contribution in [3.8, 4) is 0 Å². The van der Waals surface area contributed by atoms with Crippen LogP contribution in [0.15, 0.2) is 48.5 Å². The van der Waals surface area contributed by atoms with E-state index in [9.17, 15) is 9.18 Å².